The zero-order valence-electron chi connectivity index (χ0n) is 33.7. The first-order chi connectivity index (χ1) is 27.2. The maximum absolute atomic E-state index is 13.4. The molecule has 4 fully saturated rings. The fourth-order valence-corrected chi connectivity index (χ4v) is 7.31. The van der Waals surface area contributed by atoms with Crippen molar-refractivity contribution in [2.75, 3.05) is 57.1 Å². The van der Waals surface area contributed by atoms with Gasteiger partial charge in [-0.15, -0.1) is 0 Å². The number of urea groups is 1. The molecule has 4 aliphatic rings. The fourth-order valence-electron chi connectivity index (χ4n) is 7.31. The van der Waals surface area contributed by atoms with Crippen LogP contribution in [0.4, 0.5) is 16.2 Å². The second-order valence-corrected chi connectivity index (χ2v) is 15.2. The molecule has 0 bridgehead atoms. The molecule has 0 radical (unpaired) electrons. The molecule has 2 aromatic carbocycles. The number of nitrogens with one attached hydrogen (secondary N) is 3. The number of nitrogens with zero attached hydrogens (tertiary/aromatic N) is 4. The van der Waals surface area contributed by atoms with Gasteiger partial charge in [0.1, 0.15) is 30.8 Å². The van der Waals surface area contributed by atoms with Crippen LogP contribution in [0.3, 0.4) is 0 Å². The second-order valence-electron chi connectivity index (χ2n) is 15.2. The number of hydrogen-bond acceptors (Lipinski definition) is 9. The normalized spacial score (nSPS) is 23.9. The zero-order valence-corrected chi connectivity index (χ0v) is 33.7. The minimum absolute atomic E-state index is 0.00788. The van der Waals surface area contributed by atoms with Gasteiger partial charge in [0.05, 0.1) is 13.0 Å². The SMILES string of the molecule is CC1CC2C(=O)OCCC(=O)N3CCCC3C(=O)N3CCCCC3C(=O)NC(C)C(=O)N2C1.CN(C)c1ccc(NC(=O)NCC(N)=O)cc1.Cc1ccccc1. The quantitative estimate of drug-likeness (QED) is 0.336. The van der Waals surface area contributed by atoms with Crippen LogP contribution in [-0.4, -0.2) is 127 Å². The number of benzene rings is 2. The number of amides is 7. The largest absolute Gasteiger partial charge is 0.464 e. The standard InChI is InChI=1S/C23H34N4O6.C11H16N4O2.C7H8/c1-14-12-18-23(32)33-11-8-19(28)25-10-5-7-17(25)22(31)26-9-4-3-6-16(26)20(29)24-15(2)21(30)27(18)13-14;1-15(2)9-5-3-8(4-6-9)14-11(17)13-7-10(12)16;1-7-5-3-2-4-6-7/h14-18H,3-13H2,1-2H3,(H,24,29);3-6H,7H2,1-2H3,(H2,12,16)(H2,13,14,17);2-6H,1H3. The number of fused-ring (bicyclic) bond motifs is 3. The molecule has 0 aromatic heterocycles. The van der Waals surface area contributed by atoms with Crippen LogP contribution in [0.2, 0.25) is 0 Å². The second kappa shape index (κ2) is 21.0. The van der Waals surface area contributed by atoms with E-state index in [2.05, 4.69) is 35.0 Å². The van der Waals surface area contributed by atoms with Crippen LogP contribution < -0.4 is 26.6 Å². The number of primary amides is 1. The van der Waals surface area contributed by atoms with E-state index in [4.69, 9.17) is 10.5 Å². The van der Waals surface area contributed by atoms with Gasteiger partial charge in [-0.3, -0.25) is 24.0 Å². The molecule has 4 saturated heterocycles. The lowest BCUT2D eigenvalue weighted by atomic mass is 9.99. The molecule has 16 heteroatoms. The average molecular weight is 791 g/mol. The highest BCUT2D eigenvalue weighted by Crippen LogP contribution is 2.27. The highest BCUT2D eigenvalue weighted by molar-refractivity contribution is 5.96. The number of cyclic esters (lactones) is 1. The molecule has 5 atom stereocenters. The van der Waals surface area contributed by atoms with E-state index in [0.717, 1.165) is 18.5 Å². The summed E-state index contributed by atoms with van der Waals surface area (Å²) in [5, 5.41) is 7.71. The van der Waals surface area contributed by atoms with Crippen molar-refractivity contribution < 1.29 is 38.3 Å². The highest BCUT2D eigenvalue weighted by atomic mass is 16.5. The Balaban J connectivity index is 0.000000248. The molecule has 0 aliphatic carbocycles. The molecule has 0 saturated carbocycles. The van der Waals surface area contributed by atoms with Gasteiger partial charge in [0, 0.05) is 45.1 Å². The van der Waals surface area contributed by atoms with Gasteiger partial charge in [0.15, 0.2) is 0 Å². The van der Waals surface area contributed by atoms with Crippen molar-refractivity contribution in [1.29, 1.82) is 0 Å². The first-order valence-electron chi connectivity index (χ1n) is 19.7. The number of carbonyl (C=O) groups is 7. The summed E-state index contributed by atoms with van der Waals surface area (Å²) in [7, 11) is 3.87. The molecule has 57 heavy (non-hydrogen) atoms. The van der Waals surface area contributed by atoms with Crippen molar-refractivity contribution in [3.63, 3.8) is 0 Å². The van der Waals surface area contributed by atoms with Gasteiger partial charge in [0.25, 0.3) is 0 Å². The Morgan fingerprint density at radius 1 is 0.842 bits per heavy atom. The van der Waals surface area contributed by atoms with Gasteiger partial charge < -0.3 is 46.0 Å². The summed E-state index contributed by atoms with van der Waals surface area (Å²) in [5.41, 5.74) is 7.91. The third kappa shape index (κ3) is 12.7. The van der Waals surface area contributed by atoms with Gasteiger partial charge in [0.2, 0.25) is 29.5 Å². The summed E-state index contributed by atoms with van der Waals surface area (Å²) in [4.78, 5) is 93.7. The number of piperidine rings is 1. The summed E-state index contributed by atoms with van der Waals surface area (Å²) >= 11 is 0. The van der Waals surface area contributed by atoms with Gasteiger partial charge in [-0.2, -0.15) is 0 Å². The molecule has 4 heterocycles. The Labute approximate surface area is 334 Å². The maximum atomic E-state index is 13.4. The molecule has 16 nitrogen and oxygen atoms in total. The third-order valence-electron chi connectivity index (χ3n) is 10.3. The molecule has 0 spiro atoms. The number of nitrogens with two attached hydrogens (primary N) is 1. The van der Waals surface area contributed by atoms with Crippen molar-refractivity contribution in [2.24, 2.45) is 11.7 Å². The molecule has 6 rings (SSSR count). The molecule has 310 valence electrons. The number of rotatable bonds is 4. The van der Waals surface area contributed by atoms with Gasteiger partial charge in [-0.05, 0) is 82.6 Å². The van der Waals surface area contributed by atoms with Crippen LogP contribution in [0.1, 0.15) is 64.4 Å². The van der Waals surface area contributed by atoms with Crippen LogP contribution in [-0.2, 0) is 33.5 Å². The summed E-state index contributed by atoms with van der Waals surface area (Å²) in [5.74, 6) is -2.13. The number of anilines is 2. The first-order valence-corrected chi connectivity index (χ1v) is 19.7. The van der Waals surface area contributed by atoms with Crippen LogP contribution in [0.5, 0.6) is 0 Å². The van der Waals surface area contributed by atoms with E-state index < -0.39 is 42.1 Å². The summed E-state index contributed by atoms with van der Waals surface area (Å²) in [6, 6.07) is 14.3. The Morgan fingerprint density at radius 2 is 1.51 bits per heavy atom. The van der Waals surface area contributed by atoms with E-state index in [9.17, 15) is 33.6 Å². The smallest absolute Gasteiger partial charge is 0.328 e. The zero-order chi connectivity index (χ0) is 41.6. The minimum atomic E-state index is -0.825. The van der Waals surface area contributed by atoms with E-state index in [1.807, 2.05) is 56.3 Å². The summed E-state index contributed by atoms with van der Waals surface area (Å²) in [6.45, 7) is 6.74. The lowest BCUT2D eigenvalue weighted by Gasteiger charge is -2.38. The van der Waals surface area contributed by atoms with Gasteiger partial charge in [-0.1, -0.05) is 42.8 Å². The van der Waals surface area contributed by atoms with Crippen molar-refractivity contribution in [1.82, 2.24) is 25.3 Å². The van der Waals surface area contributed by atoms with Crippen LogP contribution in [0.15, 0.2) is 54.6 Å². The highest BCUT2D eigenvalue weighted by Gasteiger charge is 2.44. The van der Waals surface area contributed by atoms with Gasteiger partial charge >= 0.3 is 12.0 Å². The lowest BCUT2D eigenvalue weighted by molar-refractivity contribution is -0.156. The molecular weight excluding hydrogens is 732 g/mol. The third-order valence-corrected chi connectivity index (χ3v) is 10.3. The van der Waals surface area contributed by atoms with E-state index in [1.165, 1.54) is 10.5 Å². The molecule has 7 amide bonds. The number of carbonyl (C=O) groups excluding carboxylic acids is 7. The van der Waals surface area contributed by atoms with Crippen molar-refractivity contribution >= 4 is 52.9 Å². The van der Waals surface area contributed by atoms with Crippen LogP contribution >= 0.6 is 0 Å². The van der Waals surface area contributed by atoms with E-state index >= 15 is 0 Å². The van der Waals surface area contributed by atoms with E-state index in [1.54, 1.807) is 28.9 Å². The van der Waals surface area contributed by atoms with Crippen LogP contribution in [0, 0.1) is 12.8 Å². The fraction of sp³-hybridized carbons (Fsp3) is 0.537. The van der Waals surface area contributed by atoms with Crippen LogP contribution in [0.25, 0.3) is 0 Å². The number of hydrogen-bond donors (Lipinski definition) is 4. The monoisotopic (exact) mass is 790 g/mol. The number of ether oxygens (including phenoxy) is 1. The lowest BCUT2D eigenvalue weighted by Crippen LogP contribution is -2.59. The van der Waals surface area contributed by atoms with Crippen molar-refractivity contribution in [2.45, 2.75) is 89.9 Å². The van der Waals surface area contributed by atoms with E-state index in [0.29, 0.717) is 51.0 Å². The Bertz CT molecular complexity index is 1720. The topological polar surface area (TPSA) is 204 Å². The molecule has 2 aromatic rings. The predicted octanol–water partition coefficient (Wildman–Crippen LogP) is 2.40. The minimum Gasteiger partial charge on any atom is -0.464 e. The maximum Gasteiger partial charge on any atom is 0.328 e. The average Bonchev–Trinajstić information content (AvgIpc) is 3.84. The molecule has 5 N–H and O–H groups in total. The Hall–Kier alpha value is -5.67. The Kier molecular flexibility index (Phi) is 16.2. The van der Waals surface area contributed by atoms with Gasteiger partial charge in [-0.25, -0.2) is 9.59 Å². The van der Waals surface area contributed by atoms with E-state index in [-0.39, 0.29) is 49.1 Å². The number of aryl methyl sites for hydroxylation is 1. The summed E-state index contributed by atoms with van der Waals surface area (Å²) < 4.78 is 5.38. The van der Waals surface area contributed by atoms with Crippen molar-refractivity contribution in [3.05, 3.63) is 60.2 Å². The van der Waals surface area contributed by atoms with Crippen molar-refractivity contribution in [3.8, 4) is 0 Å². The predicted molar refractivity (Wildman–Crippen MR) is 215 cm³/mol. The molecule has 4 aliphatic heterocycles. The first kappa shape index (κ1) is 44.0. The molecular formula is C41H58N8O8. The number of esters is 1. The summed E-state index contributed by atoms with van der Waals surface area (Å²) in [6.07, 6.45) is 3.88. The molecule has 5 unspecified atom stereocenters. The Morgan fingerprint density at radius 3 is 2.14 bits per heavy atom.